The third kappa shape index (κ3) is 3.08. The number of halogens is 1. The summed E-state index contributed by atoms with van der Waals surface area (Å²) in [6.45, 7) is 7.88. The van der Waals surface area contributed by atoms with Crippen LogP contribution in [0.15, 0.2) is 16.7 Å². The SMILES string of the molecule is CCNc1ncc(Br)cc1C(=O)N1CC(C)CC1C. The van der Waals surface area contributed by atoms with Crippen molar-refractivity contribution in [3.05, 3.63) is 22.3 Å². The number of hydrogen-bond donors (Lipinski definition) is 1. The first-order valence-electron chi connectivity index (χ1n) is 6.73. The fraction of sp³-hybridized carbons (Fsp3) is 0.571. The van der Waals surface area contributed by atoms with Gasteiger partial charge in [-0.25, -0.2) is 4.98 Å². The van der Waals surface area contributed by atoms with Crippen molar-refractivity contribution in [2.45, 2.75) is 33.2 Å². The molecule has 2 unspecified atom stereocenters. The lowest BCUT2D eigenvalue weighted by atomic mass is 10.1. The first-order chi connectivity index (χ1) is 9.02. The van der Waals surface area contributed by atoms with E-state index < -0.39 is 0 Å². The summed E-state index contributed by atoms with van der Waals surface area (Å²) < 4.78 is 0.831. The first kappa shape index (κ1) is 14.3. The molecule has 0 saturated carbocycles. The standard InChI is InChI=1S/C14H20BrN3O/c1-4-16-13-12(6-11(15)7-17-13)14(19)18-8-9(2)5-10(18)3/h6-7,9-10H,4-5,8H2,1-3H3,(H,16,17). The Balaban J connectivity index is 2.29. The van der Waals surface area contributed by atoms with Crippen LogP contribution in [0.2, 0.25) is 0 Å². The van der Waals surface area contributed by atoms with Crippen molar-refractivity contribution in [3.8, 4) is 0 Å². The van der Waals surface area contributed by atoms with E-state index in [9.17, 15) is 4.79 Å². The minimum atomic E-state index is 0.0709. The Morgan fingerprint density at radius 1 is 1.58 bits per heavy atom. The van der Waals surface area contributed by atoms with Gasteiger partial charge < -0.3 is 10.2 Å². The number of hydrogen-bond acceptors (Lipinski definition) is 3. The van der Waals surface area contributed by atoms with Crippen LogP contribution in [0, 0.1) is 5.92 Å². The maximum absolute atomic E-state index is 12.7. The highest BCUT2D eigenvalue weighted by atomic mass is 79.9. The first-order valence-corrected chi connectivity index (χ1v) is 7.52. The van der Waals surface area contributed by atoms with Crippen molar-refractivity contribution in [1.29, 1.82) is 0 Å². The molecule has 1 saturated heterocycles. The zero-order valence-corrected chi connectivity index (χ0v) is 13.2. The Morgan fingerprint density at radius 3 is 2.89 bits per heavy atom. The minimum absolute atomic E-state index is 0.0709. The Bertz CT molecular complexity index is 478. The number of nitrogens with one attached hydrogen (secondary N) is 1. The van der Waals surface area contributed by atoms with Crippen LogP contribution >= 0.6 is 15.9 Å². The van der Waals surface area contributed by atoms with E-state index in [1.165, 1.54) is 0 Å². The normalized spacial score (nSPS) is 22.6. The zero-order valence-electron chi connectivity index (χ0n) is 11.6. The average Bonchev–Trinajstić information content (AvgIpc) is 2.70. The van der Waals surface area contributed by atoms with Gasteiger partial charge in [0, 0.05) is 29.8 Å². The maximum atomic E-state index is 12.7. The smallest absolute Gasteiger partial charge is 0.257 e. The molecule has 0 aliphatic carbocycles. The molecule has 1 aromatic rings. The molecule has 0 radical (unpaired) electrons. The molecule has 0 aromatic carbocycles. The molecule has 19 heavy (non-hydrogen) atoms. The van der Waals surface area contributed by atoms with Crippen molar-refractivity contribution in [1.82, 2.24) is 9.88 Å². The fourth-order valence-electron chi connectivity index (χ4n) is 2.65. The van der Waals surface area contributed by atoms with Gasteiger partial charge in [-0.15, -0.1) is 0 Å². The van der Waals surface area contributed by atoms with Crippen LogP contribution in [0.1, 0.15) is 37.6 Å². The summed E-state index contributed by atoms with van der Waals surface area (Å²) in [6, 6.07) is 2.15. The van der Waals surface area contributed by atoms with Crippen molar-refractivity contribution >= 4 is 27.7 Å². The minimum Gasteiger partial charge on any atom is -0.370 e. The number of aromatic nitrogens is 1. The second-order valence-electron chi connectivity index (χ2n) is 5.23. The van der Waals surface area contributed by atoms with Crippen LogP contribution in [-0.4, -0.2) is 34.9 Å². The Labute approximate surface area is 122 Å². The van der Waals surface area contributed by atoms with Gasteiger partial charge in [0.2, 0.25) is 0 Å². The van der Waals surface area contributed by atoms with E-state index in [-0.39, 0.29) is 5.91 Å². The van der Waals surface area contributed by atoms with Gasteiger partial charge in [-0.3, -0.25) is 4.79 Å². The molecule has 1 aliphatic rings. The Hall–Kier alpha value is -1.10. The van der Waals surface area contributed by atoms with Crippen molar-refractivity contribution in [2.75, 3.05) is 18.4 Å². The van der Waals surface area contributed by atoms with Crippen molar-refractivity contribution in [3.63, 3.8) is 0 Å². The van der Waals surface area contributed by atoms with Gasteiger partial charge in [-0.1, -0.05) is 6.92 Å². The molecule has 1 aliphatic heterocycles. The summed E-state index contributed by atoms with van der Waals surface area (Å²) in [5.74, 6) is 1.31. The van der Waals surface area contributed by atoms with Crippen LogP contribution < -0.4 is 5.32 Å². The summed E-state index contributed by atoms with van der Waals surface area (Å²) in [5.41, 5.74) is 0.650. The van der Waals surface area contributed by atoms with Crippen LogP contribution in [0.25, 0.3) is 0 Å². The average molecular weight is 326 g/mol. The van der Waals surface area contributed by atoms with E-state index in [4.69, 9.17) is 0 Å². The summed E-state index contributed by atoms with van der Waals surface area (Å²) >= 11 is 3.39. The van der Waals surface area contributed by atoms with Gasteiger partial charge in [0.05, 0.1) is 5.56 Å². The van der Waals surface area contributed by atoms with E-state index in [0.717, 1.165) is 24.0 Å². The molecule has 1 aromatic heterocycles. The Morgan fingerprint density at radius 2 is 2.32 bits per heavy atom. The summed E-state index contributed by atoms with van der Waals surface area (Å²) in [6.07, 6.45) is 2.79. The predicted molar refractivity (Wildman–Crippen MR) is 80.4 cm³/mol. The molecule has 0 spiro atoms. The molecule has 1 N–H and O–H groups in total. The third-order valence-electron chi connectivity index (χ3n) is 3.47. The van der Waals surface area contributed by atoms with E-state index in [2.05, 4.69) is 40.1 Å². The van der Waals surface area contributed by atoms with Crippen molar-refractivity contribution in [2.24, 2.45) is 5.92 Å². The number of carbonyl (C=O) groups excluding carboxylic acids is 1. The van der Waals surface area contributed by atoms with Gasteiger partial charge in [0.25, 0.3) is 5.91 Å². The quantitative estimate of drug-likeness (QED) is 0.928. The monoisotopic (exact) mass is 325 g/mol. The topological polar surface area (TPSA) is 45.2 Å². The number of nitrogens with zero attached hydrogens (tertiary/aromatic N) is 2. The van der Waals surface area contributed by atoms with Crippen LogP contribution in [0.3, 0.4) is 0 Å². The second kappa shape index (κ2) is 5.90. The molecule has 104 valence electrons. The number of carbonyl (C=O) groups is 1. The Kier molecular flexibility index (Phi) is 4.45. The summed E-state index contributed by atoms with van der Waals surface area (Å²) in [7, 11) is 0. The van der Waals surface area contributed by atoms with Gasteiger partial charge in [-0.05, 0) is 48.2 Å². The van der Waals surface area contributed by atoms with E-state index in [1.54, 1.807) is 6.20 Å². The second-order valence-corrected chi connectivity index (χ2v) is 6.14. The number of likely N-dealkylation sites (tertiary alicyclic amines) is 1. The van der Waals surface area contributed by atoms with Crippen LogP contribution in [0.4, 0.5) is 5.82 Å². The van der Waals surface area contributed by atoms with Crippen molar-refractivity contribution < 1.29 is 4.79 Å². The highest BCUT2D eigenvalue weighted by Gasteiger charge is 2.31. The number of pyridine rings is 1. The summed E-state index contributed by atoms with van der Waals surface area (Å²) in [5, 5.41) is 3.15. The molecule has 1 fully saturated rings. The predicted octanol–water partition coefficient (Wildman–Crippen LogP) is 3.15. The number of amides is 1. The highest BCUT2D eigenvalue weighted by molar-refractivity contribution is 9.10. The lowest BCUT2D eigenvalue weighted by Gasteiger charge is -2.22. The number of anilines is 1. The lowest BCUT2D eigenvalue weighted by Crippen LogP contribution is -2.34. The van der Waals surface area contributed by atoms with E-state index >= 15 is 0 Å². The number of rotatable bonds is 3. The highest BCUT2D eigenvalue weighted by Crippen LogP contribution is 2.27. The van der Waals surface area contributed by atoms with Gasteiger partial charge in [0.1, 0.15) is 5.82 Å². The van der Waals surface area contributed by atoms with Crippen LogP contribution in [0.5, 0.6) is 0 Å². The molecule has 5 heteroatoms. The summed E-state index contributed by atoms with van der Waals surface area (Å²) in [4.78, 5) is 18.9. The van der Waals surface area contributed by atoms with Gasteiger partial charge in [-0.2, -0.15) is 0 Å². The van der Waals surface area contributed by atoms with Gasteiger partial charge >= 0.3 is 0 Å². The maximum Gasteiger partial charge on any atom is 0.257 e. The molecular weight excluding hydrogens is 306 g/mol. The van der Waals surface area contributed by atoms with Crippen LogP contribution in [-0.2, 0) is 0 Å². The van der Waals surface area contributed by atoms with Gasteiger partial charge in [0.15, 0.2) is 0 Å². The zero-order chi connectivity index (χ0) is 14.0. The van der Waals surface area contributed by atoms with E-state index in [1.807, 2.05) is 17.9 Å². The molecule has 0 bridgehead atoms. The molecular formula is C14H20BrN3O. The molecule has 2 atom stereocenters. The molecule has 2 heterocycles. The van der Waals surface area contributed by atoms with E-state index in [0.29, 0.717) is 23.3 Å². The lowest BCUT2D eigenvalue weighted by molar-refractivity contribution is 0.0744. The molecule has 4 nitrogen and oxygen atoms in total. The fourth-order valence-corrected chi connectivity index (χ4v) is 2.98. The molecule has 1 amide bonds. The third-order valence-corrected chi connectivity index (χ3v) is 3.91. The largest absolute Gasteiger partial charge is 0.370 e. The molecule has 2 rings (SSSR count).